The smallest absolute Gasteiger partial charge is 0.326 e. The third-order valence-corrected chi connectivity index (χ3v) is 9.72. The Morgan fingerprint density at radius 1 is 1.07 bits per heavy atom. The molecule has 43 heavy (non-hydrogen) atoms. The number of hydrogen-bond donors (Lipinski definition) is 2. The molecule has 2 fully saturated rings. The Morgan fingerprint density at radius 3 is 2.49 bits per heavy atom. The number of ether oxygens (including phenoxy) is 2. The van der Waals surface area contributed by atoms with Crippen molar-refractivity contribution in [2.75, 3.05) is 38.9 Å². The molecule has 1 amide bonds. The Morgan fingerprint density at radius 2 is 1.81 bits per heavy atom. The fraction of sp³-hybridized carbons (Fsp3) is 0.576. The van der Waals surface area contributed by atoms with Crippen LogP contribution in [-0.4, -0.2) is 87.4 Å². The maximum atomic E-state index is 13.5. The number of benzene rings is 2. The molecule has 2 N–H and O–H groups in total. The quantitative estimate of drug-likeness (QED) is 0.320. The molecule has 0 spiro atoms. The molecular weight excluding hydrogens is 568 g/mol. The summed E-state index contributed by atoms with van der Waals surface area (Å²) >= 11 is 0. The Labute approximate surface area is 255 Å². The van der Waals surface area contributed by atoms with Gasteiger partial charge in [-0.15, -0.1) is 0 Å². The van der Waals surface area contributed by atoms with Gasteiger partial charge in [0.25, 0.3) is 5.91 Å². The predicted octanol–water partition coefficient (Wildman–Crippen LogP) is 4.47. The summed E-state index contributed by atoms with van der Waals surface area (Å²) in [5.74, 6) is -1.51. The van der Waals surface area contributed by atoms with Crippen LogP contribution in [0.1, 0.15) is 66.4 Å². The molecule has 10 heteroatoms. The van der Waals surface area contributed by atoms with Crippen LogP contribution >= 0.6 is 0 Å². The van der Waals surface area contributed by atoms with Gasteiger partial charge in [0.05, 0.1) is 18.5 Å². The van der Waals surface area contributed by atoms with Crippen LogP contribution in [0, 0.1) is 12.8 Å². The van der Waals surface area contributed by atoms with Crippen molar-refractivity contribution in [3.05, 3.63) is 59.2 Å². The topological polar surface area (TPSA) is 122 Å². The number of methoxy groups -OCH3 is 1. The number of aryl methyl sites for hydroxylation is 1. The maximum absolute atomic E-state index is 13.5. The number of amides is 1. The number of nitrogens with one attached hydrogen (secondary N) is 1. The molecule has 236 valence electrons. The largest absolute Gasteiger partial charge is 0.480 e. The average molecular weight is 615 g/mol. The first-order valence-electron chi connectivity index (χ1n) is 15.3. The van der Waals surface area contributed by atoms with Crippen LogP contribution in [0.4, 0.5) is 0 Å². The first kappa shape index (κ1) is 33.1. The summed E-state index contributed by atoms with van der Waals surface area (Å²) in [7, 11) is -1.64. The lowest BCUT2D eigenvalue weighted by Crippen LogP contribution is -2.42. The van der Waals surface area contributed by atoms with Crippen molar-refractivity contribution in [1.29, 1.82) is 0 Å². The molecule has 1 aliphatic carbocycles. The van der Waals surface area contributed by atoms with Gasteiger partial charge >= 0.3 is 5.97 Å². The zero-order valence-electron chi connectivity index (χ0n) is 25.6. The SMILES string of the molecule is COC1C[C@@H](COCC2CCCCC2)N(Cc2ccc(C(=O)NC(CCS(C)(=O)=O)C(=O)O)c(-c3ccccc3C)c2)C1. The predicted molar refractivity (Wildman–Crippen MR) is 167 cm³/mol. The third-order valence-electron chi connectivity index (χ3n) is 8.74. The monoisotopic (exact) mass is 614 g/mol. The summed E-state index contributed by atoms with van der Waals surface area (Å²) < 4.78 is 35.2. The van der Waals surface area contributed by atoms with E-state index in [2.05, 4.69) is 10.2 Å². The highest BCUT2D eigenvalue weighted by Gasteiger charge is 2.33. The molecule has 3 atom stereocenters. The second kappa shape index (κ2) is 15.3. The van der Waals surface area contributed by atoms with E-state index >= 15 is 0 Å². The van der Waals surface area contributed by atoms with Gasteiger partial charge in [-0.2, -0.15) is 0 Å². The number of sulfone groups is 1. The molecule has 1 heterocycles. The summed E-state index contributed by atoms with van der Waals surface area (Å²) in [6.07, 6.45) is 8.29. The van der Waals surface area contributed by atoms with E-state index in [9.17, 15) is 23.1 Å². The lowest BCUT2D eigenvalue weighted by Gasteiger charge is -2.26. The summed E-state index contributed by atoms with van der Waals surface area (Å²) in [6, 6.07) is 12.3. The Bertz CT molecular complexity index is 1360. The van der Waals surface area contributed by atoms with E-state index in [1.54, 1.807) is 13.2 Å². The van der Waals surface area contributed by atoms with E-state index in [0.29, 0.717) is 30.2 Å². The van der Waals surface area contributed by atoms with Crippen molar-refractivity contribution in [1.82, 2.24) is 10.2 Å². The number of carbonyl (C=O) groups is 2. The van der Waals surface area contributed by atoms with Gasteiger partial charge in [-0.05, 0) is 72.9 Å². The molecular formula is C33H46N2O7S. The second-order valence-corrected chi connectivity index (χ2v) is 14.5. The molecule has 1 saturated carbocycles. The van der Waals surface area contributed by atoms with Crippen molar-refractivity contribution in [2.24, 2.45) is 5.92 Å². The molecule has 0 radical (unpaired) electrons. The minimum atomic E-state index is -3.39. The number of likely N-dealkylation sites (tertiary alicyclic amines) is 1. The van der Waals surface area contributed by atoms with Gasteiger partial charge in [-0.1, -0.05) is 49.6 Å². The number of carbonyl (C=O) groups excluding carboxylic acids is 1. The van der Waals surface area contributed by atoms with Crippen LogP contribution in [0.2, 0.25) is 0 Å². The van der Waals surface area contributed by atoms with Crippen LogP contribution in [0.25, 0.3) is 11.1 Å². The van der Waals surface area contributed by atoms with Crippen LogP contribution in [0.3, 0.4) is 0 Å². The molecule has 1 aliphatic heterocycles. The summed E-state index contributed by atoms with van der Waals surface area (Å²) in [5, 5.41) is 12.2. The van der Waals surface area contributed by atoms with Gasteiger partial charge in [-0.25, -0.2) is 13.2 Å². The molecule has 2 unspecified atom stereocenters. The molecule has 0 aromatic heterocycles. The number of aliphatic carboxylic acids is 1. The van der Waals surface area contributed by atoms with E-state index < -0.39 is 27.8 Å². The Balaban J connectivity index is 1.54. The number of hydrogen-bond acceptors (Lipinski definition) is 7. The van der Waals surface area contributed by atoms with Gasteiger partial charge in [0.15, 0.2) is 0 Å². The van der Waals surface area contributed by atoms with Crippen LogP contribution < -0.4 is 5.32 Å². The second-order valence-electron chi connectivity index (χ2n) is 12.2. The fourth-order valence-electron chi connectivity index (χ4n) is 6.25. The van der Waals surface area contributed by atoms with Gasteiger partial charge in [0.1, 0.15) is 15.9 Å². The number of rotatable bonds is 14. The third kappa shape index (κ3) is 9.60. The van der Waals surface area contributed by atoms with Crippen LogP contribution in [0.5, 0.6) is 0 Å². The first-order valence-corrected chi connectivity index (χ1v) is 17.3. The van der Waals surface area contributed by atoms with Gasteiger partial charge in [0.2, 0.25) is 0 Å². The normalized spacial score (nSPS) is 20.6. The Hall–Kier alpha value is -2.79. The number of carboxylic acid groups (broad SMARTS) is 1. The van der Waals surface area contributed by atoms with Crippen molar-refractivity contribution in [3.63, 3.8) is 0 Å². The molecule has 2 aliphatic rings. The summed E-state index contributed by atoms with van der Waals surface area (Å²) in [6.45, 7) is 4.89. The minimum Gasteiger partial charge on any atom is -0.480 e. The van der Waals surface area contributed by atoms with Crippen LogP contribution in [-0.2, 0) is 30.7 Å². The number of carboxylic acids is 1. The lowest BCUT2D eigenvalue weighted by molar-refractivity contribution is -0.139. The van der Waals surface area contributed by atoms with Crippen molar-refractivity contribution < 1.29 is 32.6 Å². The van der Waals surface area contributed by atoms with Crippen molar-refractivity contribution in [3.8, 4) is 11.1 Å². The summed E-state index contributed by atoms with van der Waals surface area (Å²) in [4.78, 5) is 27.7. The minimum absolute atomic E-state index is 0.129. The van der Waals surface area contributed by atoms with Crippen LogP contribution in [0.15, 0.2) is 42.5 Å². The van der Waals surface area contributed by atoms with Gasteiger partial charge < -0.3 is 19.9 Å². The molecule has 0 bridgehead atoms. The molecule has 2 aromatic rings. The average Bonchev–Trinajstić information content (AvgIpc) is 3.36. The van der Waals surface area contributed by atoms with E-state index in [0.717, 1.165) is 42.5 Å². The molecule has 4 rings (SSSR count). The number of nitrogens with zero attached hydrogens (tertiary/aromatic N) is 1. The van der Waals surface area contributed by atoms with E-state index in [1.165, 1.54) is 32.1 Å². The first-order chi connectivity index (χ1) is 20.5. The van der Waals surface area contributed by atoms with E-state index in [-0.39, 0.29) is 24.3 Å². The van der Waals surface area contributed by atoms with Gasteiger partial charge in [-0.3, -0.25) is 9.69 Å². The standard InChI is InChI=1S/C33H46N2O7S/c1-23-9-7-8-12-28(23)30-17-25(13-14-29(30)32(36)34-31(33(37)38)15-16-43(3,39)40)19-35-20-27(41-2)18-26(35)22-42-21-24-10-5-4-6-11-24/h7-9,12-14,17,24,26-27,31H,4-6,10-11,15-16,18-22H2,1-3H3,(H,34,36)(H,37,38)/t26-,27?,31?/m0/s1. The highest BCUT2D eigenvalue weighted by atomic mass is 32.2. The molecule has 1 saturated heterocycles. The highest BCUT2D eigenvalue weighted by Crippen LogP contribution is 2.31. The van der Waals surface area contributed by atoms with E-state index in [1.807, 2.05) is 43.3 Å². The van der Waals surface area contributed by atoms with E-state index in [4.69, 9.17) is 9.47 Å². The Kier molecular flexibility index (Phi) is 11.8. The van der Waals surface area contributed by atoms with Crippen molar-refractivity contribution in [2.45, 2.75) is 76.6 Å². The lowest BCUT2D eigenvalue weighted by atomic mass is 9.90. The fourth-order valence-corrected chi connectivity index (χ4v) is 6.91. The van der Waals surface area contributed by atoms with Gasteiger partial charge in [0, 0.05) is 44.7 Å². The van der Waals surface area contributed by atoms with Crippen molar-refractivity contribution >= 4 is 21.7 Å². The summed E-state index contributed by atoms with van der Waals surface area (Å²) in [5.41, 5.74) is 3.92. The zero-order valence-corrected chi connectivity index (χ0v) is 26.4. The maximum Gasteiger partial charge on any atom is 0.326 e. The zero-order chi connectivity index (χ0) is 31.0. The molecule has 9 nitrogen and oxygen atoms in total. The highest BCUT2D eigenvalue weighted by molar-refractivity contribution is 7.90. The molecule has 2 aromatic carbocycles.